The van der Waals surface area contributed by atoms with Crippen LogP contribution in [0.3, 0.4) is 0 Å². The number of piperidine rings is 1. The lowest BCUT2D eigenvalue weighted by molar-refractivity contribution is 0.270. The Morgan fingerprint density at radius 3 is 2.86 bits per heavy atom. The van der Waals surface area contributed by atoms with Crippen LogP contribution in [0.15, 0.2) is 18.1 Å². The Labute approximate surface area is 84.8 Å². The second-order valence-electron chi connectivity index (χ2n) is 3.74. The number of hydrogen-bond acceptors (Lipinski definition) is 2. The number of aromatic amines is 1. The quantitative estimate of drug-likeness (QED) is 0.774. The van der Waals surface area contributed by atoms with Crippen molar-refractivity contribution in [1.29, 1.82) is 0 Å². The van der Waals surface area contributed by atoms with Crippen molar-refractivity contribution < 1.29 is 0 Å². The zero-order valence-corrected chi connectivity index (χ0v) is 8.66. The van der Waals surface area contributed by atoms with Gasteiger partial charge in [-0.15, -0.1) is 0 Å². The van der Waals surface area contributed by atoms with Crippen molar-refractivity contribution in [1.82, 2.24) is 14.9 Å². The molecule has 0 unspecified atom stereocenters. The number of likely N-dealkylation sites (tertiary alicyclic amines) is 1. The van der Waals surface area contributed by atoms with Gasteiger partial charge in [0, 0.05) is 13.1 Å². The molecular formula is C11H17N3. The van der Waals surface area contributed by atoms with Gasteiger partial charge in [-0.25, -0.2) is 4.98 Å². The second-order valence-corrected chi connectivity index (χ2v) is 3.74. The first kappa shape index (κ1) is 9.46. The number of hydrogen-bond donors (Lipinski definition) is 1. The van der Waals surface area contributed by atoms with Crippen LogP contribution in [0.1, 0.15) is 25.5 Å². The zero-order valence-electron chi connectivity index (χ0n) is 8.66. The average Bonchev–Trinajstić information content (AvgIpc) is 2.72. The minimum atomic E-state index is 1.13. The minimum Gasteiger partial charge on any atom is -0.345 e. The summed E-state index contributed by atoms with van der Waals surface area (Å²) in [7, 11) is 0. The number of nitrogens with one attached hydrogen (secondary N) is 1. The maximum Gasteiger partial charge on any atom is 0.0924 e. The molecule has 1 aliphatic heterocycles. The maximum absolute atomic E-state index is 4.01. The molecule has 1 N–H and O–H groups in total. The number of imidazole rings is 1. The molecular weight excluding hydrogens is 174 g/mol. The molecule has 0 radical (unpaired) electrons. The number of rotatable bonds is 2. The Kier molecular flexibility index (Phi) is 2.99. The van der Waals surface area contributed by atoms with Gasteiger partial charge in [-0.1, -0.05) is 12.5 Å². The van der Waals surface area contributed by atoms with Crippen LogP contribution in [0, 0.1) is 0 Å². The first-order valence-electron chi connectivity index (χ1n) is 5.28. The van der Waals surface area contributed by atoms with E-state index >= 15 is 0 Å². The van der Waals surface area contributed by atoms with Crippen molar-refractivity contribution in [2.45, 2.75) is 19.8 Å². The molecule has 2 heterocycles. The van der Waals surface area contributed by atoms with Gasteiger partial charge in [0.05, 0.1) is 18.2 Å². The Morgan fingerprint density at radius 2 is 2.29 bits per heavy atom. The monoisotopic (exact) mass is 191 g/mol. The van der Waals surface area contributed by atoms with E-state index in [1.165, 1.54) is 32.5 Å². The topological polar surface area (TPSA) is 31.9 Å². The van der Waals surface area contributed by atoms with E-state index in [9.17, 15) is 0 Å². The number of H-pyrrole nitrogens is 1. The van der Waals surface area contributed by atoms with E-state index in [0.717, 1.165) is 5.69 Å². The molecule has 14 heavy (non-hydrogen) atoms. The van der Waals surface area contributed by atoms with Gasteiger partial charge in [0.25, 0.3) is 0 Å². The molecule has 0 spiro atoms. The first-order chi connectivity index (χ1) is 6.88. The summed E-state index contributed by atoms with van der Waals surface area (Å²) in [5.74, 6) is 0. The van der Waals surface area contributed by atoms with Crippen LogP contribution in [0.4, 0.5) is 0 Å². The molecule has 1 saturated heterocycles. The Hall–Kier alpha value is -1.09. The average molecular weight is 191 g/mol. The van der Waals surface area contributed by atoms with Gasteiger partial charge in [-0.2, -0.15) is 0 Å². The highest BCUT2D eigenvalue weighted by Gasteiger charge is 2.11. The fourth-order valence-corrected chi connectivity index (χ4v) is 1.87. The fraction of sp³-hybridized carbons (Fsp3) is 0.545. The largest absolute Gasteiger partial charge is 0.345 e. The third kappa shape index (κ3) is 2.23. The molecule has 3 nitrogen and oxygen atoms in total. The van der Waals surface area contributed by atoms with E-state index in [4.69, 9.17) is 0 Å². The molecule has 0 saturated carbocycles. The Bertz CT molecular complexity index is 290. The summed E-state index contributed by atoms with van der Waals surface area (Å²) in [5.41, 5.74) is 2.67. The molecule has 1 aromatic rings. The molecule has 0 atom stereocenters. The Balaban J connectivity index is 1.95. The fourth-order valence-electron chi connectivity index (χ4n) is 1.87. The molecule has 1 fully saturated rings. The molecule has 76 valence electrons. The van der Waals surface area contributed by atoms with Crippen LogP contribution in [0.25, 0.3) is 6.08 Å². The number of aromatic nitrogens is 2. The number of nitrogens with zero attached hydrogens (tertiary/aromatic N) is 2. The first-order valence-corrected chi connectivity index (χ1v) is 5.28. The van der Waals surface area contributed by atoms with Crippen LogP contribution < -0.4 is 0 Å². The summed E-state index contributed by atoms with van der Waals surface area (Å²) in [6.45, 7) is 5.81. The highest BCUT2D eigenvalue weighted by Crippen LogP contribution is 2.17. The van der Waals surface area contributed by atoms with Gasteiger partial charge >= 0.3 is 0 Å². The molecule has 0 amide bonds. The predicted molar refractivity (Wildman–Crippen MR) is 57.9 cm³/mol. The molecule has 0 bridgehead atoms. The second kappa shape index (κ2) is 4.42. The zero-order chi connectivity index (χ0) is 9.80. The normalized spacial score (nSPS) is 18.5. The SMILES string of the molecule is CCN1CCC(=Cc2cnc[nH]2)CC1. The van der Waals surface area contributed by atoms with E-state index in [1.54, 1.807) is 11.9 Å². The van der Waals surface area contributed by atoms with Crippen LogP contribution >= 0.6 is 0 Å². The highest BCUT2D eigenvalue weighted by atomic mass is 15.1. The smallest absolute Gasteiger partial charge is 0.0924 e. The molecule has 1 aliphatic rings. The minimum absolute atomic E-state index is 1.13. The molecule has 3 heteroatoms. The van der Waals surface area contributed by atoms with Crippen LogP contribution in [0.2, 0.25) is 0 Å². The standard InChI is InChI=1S/C11H17N3/c1-2-14-5-3-10(4-6-14)7-11-8-12-9-13-11/h7-9H,2-6H2,1H3,(H,12,13). The van der Waals surface area contributed by atoms with Crippen molar-refractivity contribution in [3.63, 3.8) is 0 Å². The molecule has 0 aromatic carbocycles. The maximum atomic E-state index is 4.01. The lowest BCUT2D eigenvalue weighted by Gasteiger charge is -2.26. The van der Waals surface area contributed by atoms with Gasteiger partial charge in [-0.3, -0.25) is 0 Å². The van der Waals surface area contributed by atoms with Gasteiger partial charge in [0.1, 0.15) is 0 Å². The van der Waals surface area contributed by atoms with Crippen molar-refractivity contribution in [2.24, 2.45) is 0 Å². The molecule has 0 aliphatic carbocycles. The van der Waals surface area contributed by atoms with Crippen LogP contribution in [-0.2, 0) is 0 Å². The van der Waals surface area contributed by atoms with Crippen molar-refractivity contribution in [3.05, 3.63) is 23.8 Å². The van der Waals surface area contributed by atoms with Crippen molar-refractivity contribution >= 4 is 6.08 Å². The van der Waals surface area contributed by atoms with Gasteiger partial charge < -0.3 is 9.88 Å². The summed E-state index contributed by atoms with van der Waals surface area (Å²) in [6.07, 6.45) is 8.24. The summed E-state index contributed by atoms with van der Waals surface area (Å²) in [6, 6.07) is 0. The van der Waals surface area contributed by atoms with Gasteiger partial charge in [-0.05, 0) is 25.5 Å². The van der Waals surface area contributed by atoms with E-state index in [-0.39, 0.29) is 0 Å². The Morgan fingerprint density at radius 1 is 1.50 bits per heavy atom. The van der Waals surface area contributed by atoms with E-state index in [2.05, 4.69) is 27.9 Å². The summed E-state index contributed by atoms with van der Waals surface area (Å²) in [5, 5.41) is 0. The third-order valence-electron chi connectivity index (χ3n) is 2.82. The molecule has 1 aromatic heterocycles. The highest BCUT2D eigenvalue weighted by molar-refractivity contribution is 5.48. The van der Waals surface area contributed by atoms with Crippen LogP contribution in [0.5, 0.6) is 0 Å². The lowest BCUT2D eigenvalue weighted by Crippen LogP contribution is -2.30. The predicted octanol–water partition coefficient (Wildman–Crippen LogP) is 1.91. The third-order valence-corrected chi connectivity index (χ3v) is 2.82. The van der Waals surface area contributed by atoms with E-state index < -0.39 is 0 Å². The van der Waals surface area contributed by atoms with Crippen molar-refractivity contribution in [3.8, 4) is 0 Å². The van der Waals surface area contributed by atoms with Crippen LogP contribution in [-0.4, -0.2) is 34.5 Å². The van der Waals surface area contributed by atoms with E-state index in [1.807, 2.05) is 6.20 Å². The molecule has 2 rings (SSSR count). The van der Waals surface area contributed by atoms with Gasteiger partial charge in [0.2, 0.25) is 0 Å². The summed E-state index contributed by atoms with van der Waals surface area (Å²) in [4.78, 5) is 9.61. The van der Waals surface area contributed by atoms with E-state index in [0.29, 0.717) is 0 Å². The van der Waals surface area contributed by atoms with Gasteiger partial charge in [0.15, 0.2) is 0 Å². The summed E-state index contributed by atoms with van der Waals surface area (Å²) < 4.78 is 0. The summed E-state index contributed by atoms with van der Waals surface area (Å²) >= 11 is 0. The lowest BCUT2D eigenvalue weighted by atomic mass is 10.0. The van der Waals surface area contributed by atoms with Crippen molar-refractivity contribution in [2.75, 3.05) is 19.6 Å².